The third-order valence-electron chi connectivity index (χ3n) is 3.56. The highest BCUT2D eigenvalue weighted by atomic mass is 35.5. The molecule has 1 aliphatic heterocycles. The number of benzene rings is 2. The summed E-state index contributed by atoms with van der Waals surface area (Å²) in [6.45, 7) is 0.464. The van der Waals surface area contributed by atoms with Crippen LogP contribution in [0, 0.1) is 0 Å². The summed E-state index contributed by atoms with van der Waals surface area (Å²) in [6, 6.07) is 11.7. The van der Waals surface area contributed by atoms with Gasteiger partial charge in [-0.15, -0.1) is 0 Å². The number of nitrogens with two attached hydrogens (primary N) is 1. The minimum absolute atomic E-state index is 0.208. The maximum Gasteiger partial charge on any atom is 0.264 e. The molecule has 110 valence electrons. The highest BCUT2D eigenvalue weighted by molar-refractivity contribution is 7.92. The minimum Gasteiger partial charge on any atom is -0.399 e. The molecule has 0 aromatic heterocycles. The fourth-order valence-electron chi connectivity index (χ4n) is 2.59. The van der Waals surface area contributed by atoms with Crippen LogP contribution >= 0.6 is 11.6 Å². The van der Waals surface area contributed by atoms with Crippen molar-refractivity contribution in [2.45, 2.75) is 17.7 Å². The Bertz CT molecular complexity index is 790. The van der Waals surface area contributed by atoms with Crippen molar-refractivity contribution < 1.29 is 8.42 Å². The van der Waals surface area contributed by atoms with Crippen LogP contribution in [0.25, 0.3) is 0 Å². The molecular formula is C15H15ClN2O2S. The maximum absolute atomic E-state index is 12.8. The van der Waals surface area contributed by atoms with Gasteiger partial charge in [0.1, 0.15) is 0 Å². The zero-order valence-corrected chi connectivity index (χ0v) is 12.9. The summed E-state index contributed by atoms with van der Waals surface area (Å²) in [4.78, 5) is 0.208. The van der Waals surface area contributed by atoms with Crippen LogP contribution in [0.1, 0.15) is 12.0 Å². The zero-order chi connectivity index (χ0) is 15.0. The predicted molar refractivity (Wildman–Crippen MR) is 85.2 cm³/mol. The SMILES string of the molecule is Nc1ccc2c(c1)CCCN2S(=O)(=O)c1cccc(Cl)c1. The summed E-state index contributed by atoms with van der Waals surface area (Å²) >= 11 is 5.91. The number of aryl methyl sites for hydroxylation is 1. The second kappa shape index (κ2) is 5.24. The van der Waals surface area contributed by atoms with Crippen molar-refractivity contribution in [2.75, 3.05) is 16.6 Å². The average Bonchev–Trinajstić information content (AvgIpc) is 2.46. The number of rotatable bonds is 2. The predicted octanol–water partition coefficient (Wildman–Crippen LogP) is 3.06. The van der Waals surface area contributed by atoms with Crippen LogP contribution in [0.4, 0.5) is 11.4 Å². The normalized spacial score (nSPS) is 14.8. The van der Waals surface area contributed by atoms with Gasteiger partial charge >= 0.3 is 0 Å². The molecule has 4 nitrogen and oxygen atoms in total. The molecule has 0 fully saturated rings. The molecule has 0 radical (unpaired) electrons. The van der Waals surface area contributed by atoms with Crippen LogP contribution in [0.2, 0.25) is 5.02 Å². The van der Waals surface area contributed by atoms with E-state index in [0.717, 1.165) is 18.4 Å². The molecule has 0 atom stereocenters. The number of hydrogen-bond acceptors (Lipinski definition) is 3. The van der Waals surface area contributed by atoms with E-state index in [-0.39, 0.29) is 4.90 Å². The van der Waals surface area contributed by atoms with E-state index in [0.29, 0.717) is 22.9 Å². The Labute approximate surface area is 129 Å². The van der Waals surface area contributed by atoms with Crippen LogP contribution in [0.5, 0.6) is 0 Å². The molecule has 6 heteroatoms. The lowest BCUT2D eigenvalue weighted by Gasteiger charge is -2.30. The van der Waals surface area contributed by atoms with Gasteiger partial charge in [0.15, 0.2) is 0 Å². The molecule has 2 aromatic carbocycles. The minimum atomic E-state index is -3.60. The number of sulfonamides is 1. The van der Waals surface area contributed by atoms with Gasteiger partial charge < -0.3 is 5.73 Å². The van der Waals surface area contributed by atoms with Crippen molar-refractivity contribution in [3.05, 3.63) is 53.1 Å². The van der Waals surface area contributed by atoms with Crippen LogP contribution in [0.15, 0.2) is 47.4 Å². The molecule has 0 unspecified atom stereocenters. The van der Waals surface area contributed by atoms with E-state index in [9.17, 15) is 8.42 Å². The molecule has 0 saturated heterocycles. The van der Waals surface area contributed by atoms with E-state index in [4.69, 9.17) is 17.3 Å². The van der Waals surface area contributed by atoms with Crippen molar-refractivity contribution in [1.82, 2.24) is 0 Å². The molecule has 0 aliphatic carbocycles. The van der Waals surface area contributed by atoms with E-state index in [2.05, 4.69) is 0 Å². The van der Waals surface area contributed by atoms with Crippen molar-refractivity contribution >= 4 is 33.0 Å². The van der Waals surface area contributed by atoms with Crippen LogP contribution in [0.3, 0.4) is 0 Å². The molecule has 0 amide bonds. The van der Waals surface area contributed by atoms with Gasteiger partial charge in [0.05, 0.1) is 10.6 Å². The Hall–Kier alpha value is -1.72. The van der Waals surface area contributed by atoms with Gasteiger partial charge in [0.25, 0.3) is 10.0 Å². The average molecular weight is 323 g/mol. The quantitative estimate of drug-likeness (QED) is 0.864. The van der Waals surface area contributed by atoms with Crippen molar-refractivity contribution in [3.63, 3.8) is 0 Å². The van der Waals surface area contributed by atoms with Gasteiger partial charge in [-0.05, 0) is 54.8 Å². The lowest BCUT2D eigenvalue weighted by atomic mass is 10.0. The largest absolute Gasteiger partial charge is 0.399 e. The number of hydrogen-bond donors (Lipinski definition) is 1. The van der Waals surface area contributed by atoms with E-state index < -0.39 is 10.0 Å². The molecule has 0 spiro atoms. The summed E-state index contributed by atoms with van der Waals surface area (Å²) in [6.07, 6.45) is 1.61. The first-order valence-electron chi connectivity index (χ1n) is 6.65. The summed E-state index contributed by atoms with van der Waals surface area (Å²) in [5, 5.41) is 0.408. The second-order valence-corrected chi connectivity index (χ2v) is 7.32. The van der Waals surface area contributed by atoms with Crippen molar-refractivity contribution in [2.24, 2.45) is 0 Å². The molecule has 0 bridgehead atoms. The van der Waals surface area contributed by atoms with Gasteiger partial charge in [-0.1, -0.05) is 17.7 Å². The monoisotopic (exact) mass is 322 g/mol. The Morgan fingerprint density at radius 1 is 1.14 bits per heavy atom. The lowest BCUT2D eigenvalue weighted by molar-refractivity contribution is 0.586. The summed E-state index contributed by atoms with van der Waals surface area (Å²) in [7, 11) is -3.60. The summed E-state index contributed by atoms with van der Waals surface area (Å²) in [5.41, 5.74) is 8.10. The summed E-state index contributed by atoms with van der Waals surface area (Å²) < 4.78 is 27.1. The van der Waals surface area contributed by atoms with Gasteiger partial charge in [0, 0.05) is 17.3 Å². The Balaban J connectivity index is 2.09. The van der Waals surface area contributed by atoms with Crippen LogP contribution in [-0.4, -0.2) is 15.0 Å². The van der Waals surface area contributed by atoms with E-state index >= 15 is 0 Å². The fraction of sp³-hybridized carbons (Fsp3) is 0.200. The molecule has 21 heavy (non-hydrogen) atoms. The molecule has 0 saturated carbocycles. The first-order chi connectivity index (χ1) is 9.98. The van der Waals surface area contributed by atoms with Crippen molar-refractivity contribution in [1.29, 1.82) is 0 Å². The number of nitrogen functional groups attached to an aromatic ring is 1. The summed E-state index contributed by atoms with van der Waals surface area (Å²) in [5.74, 6) is 0. The maximum atomic E-state index is 12.8. The highest BCUT2D eigenvalue weighted by Gasteiger charge is 2.29. The zero-order valence-electron chi connectivity index (χ0n) is 11.3. The lowest BCUT2D eigenvalue weighted by Crippen LogP contribution is -2.35. The first-order valence-corrected chi connectivity index (χ1v) is 8.47. The van der Waals surface area contributed by atoms with Gasteiger partial charge in [-0.3, -0.25) is 4.31 Å². The fourth-order valence-corrected chi connectivity index (χ4v) is 4.43. The Kier molecular flexibility index (Phi) is 3.55. The Morgan fingerprint density at radius 2 is 1.95 bits per heavy atom. The van der Waals surface area contributed by atoms with Gasteiger partial charge in [0.2, 0.25) is 0 Å². The van der Waals surface area contributed by atoms with Crippen LogP contribution < -0.4 is 10.0 Å². The number of anilines is 2. The molecule has 2 aromatic rings. The first kappa shape index (κ1) is 14.2. The topological polar surface area (TPSA) is 63.4 Å². The third-order valence-corrected chi connectivity index (χ3v) is 5.61. The van der Waals surface area contributed by atoms with E-state index in [1.165, 1.54) is 10.4 Å². The Morgan fingerprint density at radius 3 is 2.71 bits per heavy atom. The smallest absolute Gasteiger partial charge is 0.264 e. The van der Waals surface area contributed by atoms with Crippen molar-refractivity contribution in [3.8, 4) is 0 Å². The number of fused-ring (bicyclic) bond motifs is 1. The molecule has 1 aliphatic rings. The second-order valence-electron chi connectivity index (χ2n) is 5.03. The third kappa shape index (κ3) is 2.59. The number of nitrogens with zero attached hydrogens (tertiary/aromatic N) is 1. The molecular weight excluding hydrogens is 308 g/mol. The molecule has 2 N–H and O–H groups in total. The van der Waals surface area contributed by atoms with Gasteiger partial charge in [-0.25, -0.2) is 8.42 Å². The number of halogens is 1. The van der Waals surface area contributed by atoms with Gasteiger partial charge in [-0.2, -0.15) is 0 Å². The van der Waals surface area contributed by atoms with E-state index in [1.54, 1.807) is 30.3 Å². The van der Waals surface area contributed by atoms with E-state index in [1.807, 2.05) is 6.07 Å². The standard InChI is InChI=1S/C15H15ClN2O2S/c16-12-4-1-5-14(10-12)21(19,20)18-8-2-3-11-9-13(17)6-7-15(11)18/h1,4-7,9-10H,2-3,8,17H2. The van der Waals surface area contributed by atoms with Crippen LogP contribution in [-0.2, 0) is 16.4 Å². The molecule has 1 heterocycles. The molecule has 3 rings (SSSR count). The highest BCUT2D eigenvalue weighted by Crippen LogP contribution is 2.33.